The van der Waals surface area contributed by atoms with Gasteiger partial charge in [-0.1, -0.05) is 23.8 Å². The smallest absolute Gasteiger partial charge is 0.268 e. The van der Waals surface area contributed by atoms with Crippen molar-refractivity contribution in [2.45, 2.75) is 13.8 Å². The summed E-state index contributed by atoms with van der Waals surface area (Å²) >= 11 is 0. The summed E-state index contributed by atoms with van der Waals surface area (Å²) in [4.78, 5) is 26.8. The Bertz CT molecular complexity index is 1330. The Kier molecular flexibility index (Phi) is 6.97. The third-order valence-electron chi connectivity index (χ3n) is 4.69. The number of aromatic amines is 1. The molecule has 0 aliphatic heterocycles. The molecule has 1 amide bonds. The molecule has 0 aliphatic rings. The highest BCUT2D eigenvalue weighted by atomic mass is 16.5. The first kappa shape index (κ1) is 22.9. The van der Waals surface area contributed by atoms with Crippen molar-refractivity contribution in [2.24, 2.45) is 0 Å². The molecule has 3 aromatic rings. The number of carbonyl (C=O) groups is 1. The van der Waals surface area contributed by atoms with E-state index in [0.29, 0.717) is 17.9 Å². The molecule has 0 saturated heterocycles. The molecule has 9 heteroatoms. The van der Waals surface area contributed by atoms with Gasteiger partial charge >= 0.3 is 0 Å². The number of nitrogen functional groups attached to an aromatic ring is 1. The Balaban J connectivity index is 1.90. The van der Waals surface area contributed by atoms with Crippen molar-refractivity contribution in [1.29, 1.82) is 10.5 Å². The molecule has 3 rings (SSSR count). The van der Waals surface area contributed by atoms with Crippen LogP contribution >= 0.6 is 0 Å². The van der Waals surface area contributed by atoms with E-state index in [4.69, 9.17) is 15.2 Å². The molecule has 1 heterocycles. The van der Waals surface area contributed by atoms with Gasteiger partial charge in [0.1, 0.15) is 29.1 Å². The van der Waals surface area contributed by atoms with Crippen LogP contribution in [-0.2, 0) is 4.79 Å². The van der Waals surface area contributed by atoms with Gasteiger partial charge in [-0.05, 0) is 43.7 Å². The summed E-state index contributed by atoms with van der Waals surface area (Å²) in [5, 5.41) is 21.7. The van der Waals surface area contributed by atoms with Crippen LogP contribution in [0.25, 0.3) is 11.1 Å². The topological polar surface area (TPSA) is 154 Å². The fraction of sp³-hybridized carbons (Fsp3) is 0.167. The van der Waals surface area contributed by atoms with E-state index in [-0.39, 0.29) is 46.5 Å². The van der Waals surface area contributed by atoms with Crippen LogP contribution in [0, 0.1) is 29.6 Å². The molecule has 2 aromatic carbocycles. The maximum Gasteiger partial charge on any atom is 0.268 e. The van der Waals surface area contributed by atoms with Crippen molar-refractivity contribution < 1.29 is 14.3 Å². The van der Waals surface area contributed by atoms with Gasteiger partial charge in [0, 0.05) is 11.3 Å². The highest BCUT2D eigenvalue weighted by Gasteiger charge is 2.20. The standard InChI is InChI=1S/C24H21N5O4/c1-3-32-20-10-15(22-17(11-25)23(27)29-24(31)18(22)12-26)6-9-19(20)33-13-21(30)28-16-7-4-14(2)5-8-16/h4-10H,3,13H2,1-2H3,(H,28,30)(H3,27,29,31). The van der Waals surface area contributed by atoms with Crippen molar-refractivity contribution in [3.8, 4) is 34.8 Å². The van der Waals surface area contributed by atoms with Gasteiger partial charge in [-0.25, -0.2) is 0 Å². The number of aromatic nitrogens is 1. The molecule has 0 unspecified atom stereocenters. The molecule has 33 heavy (non-hydrogen) atoms. The predicted octanol–water partition coefficient (Wildman–Crippen LogP) is 3.09. The number of nitriles is 2. The maximum atomic E-state index is 12.3. The number of rotatable bonds is 7. The van der Waals surface area contributed by atoms with Gasteiger partial charge in [0.15, 0.2) is 18.1 Å². The summed E-state index contributed by atoms with van der Waals surface area (Å²) in [6.45, 7) is 3.75. The number of amides is 1. The molecule has 166 valence electrons. The third kappa shape index (κ3) is 5.12. The molecule has 1 aromatic heterocycles. The average molecular weight is 443 g/mol. The molecular weight excluding hydrogens is 422 g/mol. The van der Waals surface area contributed by atoms with Crippen molar-refractivity contribution in [3.05, 3.63) is 69.5 Å². The van der Waals surface area contributed by atoms with Crippen LogP contribution in [0.3, 0.4) is 0 Å². The fourth-order valence-electron chi connectivity index (χ4n) is 3.16. The summed E-state index contributed by atoms with van der Waals surface area (Å²) in [5.41, 5.74) is 7.02. The van der Waals surface area contributed by atoms with Crippen molar-refractivity contribution in [2.75, 3.05) is 24.3 Å². The maximum absolute atomic E-state index is 12.3. The molecule has 0 fully saturated rings. The summed E-state index contributed by atoms with van der Waals surface area (Å²) < 4.78 is 11.3. The summed E-state index contributed by atoms with van der Waals surface area (Å²) in [6, 6.07) is 15.7. The van der Waals surface area contributed by atoms with Crippen LogP contribution in [0.1, 0.15) is 23.6 Å². The second-order valence-electron chi connectivity index (χ2n) is 7.01. The first-order valence-corrected chi connectivity index (χ1v) is 10.00. The van der Waals surface area contributed by atoms with Crippen LogP contribution in [0.2, 0.25) is 0 Å². The Hall–Kier alpha value is -4.76. The Labute approximate surface area is 190 Å². The number of benzene rings is 2. The largest absolute Gasteiger partial charge is 0.490 e. The normalized spacial score (nSPS) is 10.1. The highest BCUT2D eigenvalue weighted by Crippen LogP contribution is 2.35. The number of H-pyrrole nitrogens is 1. The lowest BCUT2D eigenvalue weighted by Gasteiger charge is -2.15. The van der Waals surface area contributed by atoms with Crippen LogP contribution in [0.4, 0.5) is 11.5 Å². The molecule has 0 bridgehead atoms. The molecule has 0 saturated carbocycles. The molecule has 0 aliphatic carbocycles. The van der Waals surface area contributed by atoms with Gasteiger partial charge in [-0.2, -0.15) is 10.5 Å². The zero-order valence-electron chi connectivity index (χ0n) is 18.1. The number of aryl methyl sites for hydroxylation is 1. The number of hydrogen-bond donors (Lipinski definition) is 3. The molecule has 0 radical (unpaired) electrons. The monoisotopic (exact) mass is 443 g/mol. The van der Waals surface area contributed by atoms with Crippen LogP contribution in [-0.4, -0.2) is 24.1 Å². The number of nitrogens with one attached hydrogen (secondary N) is 2. The zero-order chi connectivity index (χ0) is 24.0. The van der Waals surface area contributed by atoms with E-state index in [2.05, 4.69) is 10.3 Å². The molecule has 0 spiro atoms. The van der Waals surface area contributed by atoms with E-state index in [9.17, 15) is 20.1 Å². The van der Waals surface area contributed by atoms with E-state index in [1.165, 1.54) is 6.07 Å². The van der Waals surface area contributed by atoms with Crippen LogP contribution in [0.5, 0.6) is 11.5 Å². The van der Waals surface area contributed by atoms with E-state index < -0.39 is 5.56 Å². The number of carbonyl (C=O) groups excluding carboxylic acids is 1. The number of ether oxygens (including phenoxy) is 2. The number of anilines is 2. The van der Waals surface area contributed by atoms with E-state index in [0.717, 1.165) is 5.56 Å². The zero-order valence-corrected chi connectivity index (χ0v) is 18.1. The second kappa shape index (κ2) is 10.0. The predicted molar refractivity (Wildman–Crippen MR) is 123 cm³/mol. The van der Waals surface area contributed by atoms with E-state index in [1.54, 1.807) is 31.2 Å². The van der Waals surface area contributed by atoms with Crippen LogP contribution in [0.15, 0.2) is 47.3 Å². The summed E-state index contributed by atoms with van der Waals surface area (Å²) in [7, 11) is 0. The first-order chi connectivity index (χ1) is 15.9. The summed E-state index contributed by atoms with van der Waals surface area (Å²) in [6.07, 6.45) is 0. The SMILES string of the molecule is CCOc1cc(-c2c(C#N)c(N)[nH]c(=O)c2C#N)ccc1OCC(=O)Nc1ccc(C)cc1. The minimum Gasteiger partial charge on any atom is -0.490 e. The lowest BCUT2D eigenvalue weighted by molar-refractivity contribution is -0.118. The quantitative estimate of drug-likeness (QED) is 0.507. The van der Waals surface area contributed by atoms with E-state index >= 15 is 0 Å². The number of hydrogen-bond acceptors (Lipinski definition) is 7. The average Bonchev–Trinajstić information content (AvgIpc) is 2.79. The number of nitrogens with zero attached hydrogens (tertiary/aromatic N) is 2. The van der Waals surface area contributed by atoms with Gasteiger partial charge in [-0.3, -0.25) is 9.59 Å². The minimum absolute atomic E-state index is 0.0280. The minimum atomic E-state index is -0.699. The van der Waals surface area contributed by atoms with Crippen molar-refractivity contribution in [1.82, 2.24) is 4.98 Å². The second-order valence-corrected chi connectivity index (χ2v) is 7.01. The summed E-state index contributed by atoms with van der Waals surface area (Å²) in [5.74, 6) is 0.0769. The van der Waals surface area contributed by atoms with Crippen LogP contribution < -0.4 is 26.1 Å². The lowest BCUT2D eigenvalue weighted by Crippen LogP contribution is -2.20. The molecule has 9 nitrogen and oxygen atoms in total. The van der Waals surface area contributed by atoms with Crippen molar-refractivity contribution >= 4 is 17.4 Å². The first-order valence-electron chi connectivity index (χ1n) is 10.00. The van der Waals surface area contributed by atoms with Gasteiger partial charge in [0.2, 0.25) is 0 Å². The Morgan fingerprint density at radius 2 is 1.76 bits per heavy atom. The highest BCUT2D eigenvalue weighted by molar-refractivity contribution is 5.92. The molecular formula is C24H21N5O4. The van der Waals surface area contributed by atoms with Crippen molar-refractivity contribution in [3.63, 3.8) is 0 Å². The Morgan fingerprint density at radius 1 is 1.06 bits per heavy atom. The third-order valence-corrected chi connectivity index (χ3v) is 4.69. The molecule has 0 atom stereocenters. The number of nitrogens with two attached hydrogens (primary N) is 1. The Morgan fingerprint density at radius 3 is 2.39 bits per heavy atom. The van der Waals surface area contributed by atoms with E-state index in [1.807, 2.05) is 31.2 Å². The number of pyridine rings is 1. The lowest BCUT2D eigenvalue weighted by atomic mass is 9.96. The fourth-order valence-corrected chi connectivity index (χ4v) is 3.16. The van der Waals surface area contributed by atoms with Gasteiger partial charge in [-0.15, -0.1) is 0 Å². The molecule has 4 N–H and O–H groups in total. The van der Waals surface area contributed by atoms with Gasteiger partial charge in [0.05, 0.1) is 6.61 Å². The van der Waals surface area contributed by atoms with Gasteiger partial charge in [0.25, 0.3) is 11.5 Å². The van der Waals surface area contributed by atoms with Gasteiger partial charge < -0.3 is 25.5 Å².